The van der Waals surface area contributed by atoms with Gasteiger partial charge in [0.25, 0.3) is 11.5 Å². The minimum Gasteiger partial charge on any atom is -0.369 e. The zero-order valence-corrected chi connectivity index (χ0v) is 18.0. The van der Waals surface area contributed by atoms with Gasteiger partial charge in [-0.05, 0) is 51.7 Å². The first-order valence-electron chi connectivity index (χ1n) is 8.91. The molecule has 2 aromatic rings. The summed E-state index contributed by atoms with van der Waals surface area (Å²) in [6.45, 7) is 3.51. The van der Waals surface area contributed by atoms with Crippen molar-refractivity contribution in [3.05, 3.63) is 44.7 Å². The molecule has 0 unspecified atom stereocenters. The van der Waals surface area contributed by atoms with Crippen LogP contribution in [0.3, 0.4) is 0 Å². The Bertz CT molecular complexity index is 1030. The molecule has 0 aromatic carbocycles. The van der Waals surface area contributed by atoms with Crippen LogP contribution in [0.5, 0.6) is 0 Å². The van der Waals surface area contributed by atoms with Gasteiger partial charge in [-0.15, -0.1) is 0 Å². The minimum atomic E-state index is -0.217. The standard InChI is InChI=1S/C19H23N5O2S2/c1-12-6-7-15-21-16(20-8-5-9-22(2)3)13(17(25)24(15)11-12)10-14-18(26)23(4)19(27)28-14/h6-7,10-11,20H,5,8-9H2,1-4H3/b14-10+. The average Bonchev–Trinajstić information content (AvgIpc) is 2.89. The predicted octanol–water partition coefficient (Wildman–Crippen LogP) is 2.20. The lowest BCUT2D eigenvalue weighted by atomic mass is 10.2. The van der Waals surface area contributed by atoms with Crippen LogP contribution >= 0.6 is 24.0 Å². The highest BCUT2D eigenvalue weighted by Gasteiger charge is 2.29. The van der Waals surface area contributed by atoms with Crippen LogP contribution in [0.4, 0.5) is 5.82 Å². The molecule has 3 rings (SSSR count). The molecule has 1 aliphatic heterocycles. The molecule has 2 aromatic heterocycles. The third-order valence-electron chi connectivity index (χ3n) is 4.34. The zero-order valence-electron chi connectivity index (χ0n) is 16.4. The van der Waals surface area contributed by atoms with Crippen molar-refractivity contribution in [2.75, 3.05) is 39.5 Å². The summed E-state index contributed by atoms with van der Waals surface area (Å²) in [6.07, 6.45) is 4.25. The van der Waals surface area contributed by atoms with E-state index in [9.17, 15) is 9.59 Å². The molecule has 7 nitrogen and oxygen atoms in total. The van der Waals surface area contributed by atoms with Gasteiger partial charge in [-0.25, -0.2) is 4.98 Å². The molecule has 9 heteroatoms. The largest absolute Gasteiger partial charge is 0.369 e. The second-order valence-electron chi connectivity index (χ2n) is 6.94. The molecular formula is C19H23N5O2S2. The quantitative estimate of drug-likeness (QED) is 0.439. The molecular weight excluding hydrogens is 394 g/mol. The summed E-state index contributed by atoms with van der Waals surface area (Å²) >= 11 is 6.38. The number of carbonyl (C=O) groups excluding carboxylic acids is 1. The van der Waals surface area contributed by atoms with Crippen LogP contribution in [0.1, 0.15) is 17.5 Å². The lowest BCUT2D eigenvalue weighted by Crippen LogP contribution is -2.24. The number of hydrogen-bond donors (Lipinski definition) is 1. The maximum atomic E-state index is 13.2. The first-order chi connectivity index (χ1) is 13.3. The van der Waals surface area contributed by atoms with Gasteiger partial charge in [-0.3, -0.25) is 18.9 Å². The maximum absolute atomic E-state index is 13.2. The number of carbonyl (C=O) groups is 1. The molecule has 1 amide bonds. The van der Waals surface area contributed by atoms with E-state index < -0.39 is 0 Å². The SMILES string of the molecule is Cc1ccc2nc(NCCCN(C)C)c(/C=C3/SC(=S)N(C)C3=O)c(=O)n2c1. The Labute approximate surface area is 173 Å². The number of nitrogens with one attached hydrogen (secondary N) is 1. The third kappa shape index (κ3) is 4.26. The first kappa shape index (κ1) is 20.5. The van der Waals surface area contributed by atoms with Crippen molar-refractivity contribution in [1.82, 2.24) is 19.2 Å². The molecule has 0 aliphatic carbocycles. The second-order valence-corrected chi connectivity index (χ2v) is 8.61. The van der Waals surface area contributed by atoms with Crippen molar-refractivity contribution in [3.63, 3.8) is 0 Å². The highest BCUT2D eigenvalue weighted by molar-refractivity contribution is 8.26. The van der Waals surface area contributed by atoms with E-state index in [4.69, 9.17) is 12.2 Å². The summed E-state index contributed by atoms with van der Waals surface area (Å²) in [4.78, 5) is 34.1. The van der Waals surface area contributed by atoms with Crippen molar-refractivity contribution in [2.24, 2.45) is 0 Å². The van der Waals surface area contributed by atoms with Crippen molar-refractivity contribution in [1.29, 1.82) is 0 Å². The smallest absolute Gasteiger partial charge is 0.267 e. The molecule has 3 heterocycles. The lowest BCUT2D eigenvalue weighted by molar-refractivity contribution is -0.121. The van der Waals surface area contributed by atoms with Gasteiger partial charge in [-0.2, -0.15) is 0 Å². The van der Waals surface area contributed by atoms with Crippen molar-refractivity contribution >= 4 is 51.7 Å². The van der Waals surface area contributed by atoms with Gasteiger partial charge >= 0.3 is 0 Å². The van der Waals surface area contributed by atoms with Crippen molar-refractivity contribution in [2.45, 2.75) is 13.3 Å². The number of nitrogens with zero attached hydrogens (tertiary/aromatic N) is 4. The van der Waals surface area contributed by atoms with Crippen molar-refractivity contribution < 1.29 is 4.79 Å². The van der Waals surface area contributed by atoms with E-state index in [2.05, 4.69) is 15.2 Å². The van der Waals surface area contributed by atoms with E-state index in [1.165, 1.54) is 21.1 Å². The second kappa shape index (κ2) is 8.42. The number of fused-ring (bicyclic) bond motifs is 1. The first-order valence-corrected chi connectivity index (χ1v) is 10.1. The average molecular weight is 418 g/mol. The molecule has 28 heavy (non-hydrogen) atoms. The summed E-state index contributed by atoms with van der Waals surface area (Å²) < 4.78 is 1.99. The number of anilines is 1. The number of thiocarbonyl (C=S) groups is 1. The number of likely N-dealkylation sites (N-methyl/N-ethyl adjacent to an activating group) is 1. The molecule has 1 fully saturated rings. The molecule has 1 saturated heterocycles. The number of pyridine rings is 1. The predicted molar refractivity (Wildman–Crippen MR) is 119 cm³/mol. The Hall–Kier alpha value is -2.23. The lowest BCUT2D eigenvalue weighted by Gasteiger charge is -2.13. The number of amides is 1. The highest BCUT2D eigenvalue weighted by Crippen LogP contribution is 2.31. The van der Waals surface area contributed by atoms with Gasteiger partial charge < -0.3 is 10.2 Å². The third-order valence-corrected chi connectivity index (χ3v) is 5.83. The minimum absolute atomic E-state index is 0.206. The molecule has 1 aliphatic rings. The fourth-order valence-electron chi connectivity index (χ4n) is 2.80. The Kier molecular flexibility index (Phi) is 6.17. The maximum Gasteiger partial charge on any atom is 0.267 e. The number of thioether (sulfide) groups is 1. The molecule has 0 radical (unpaired) electrons. The van der Waals surface area contributed by atoms with E-state index in [0.717, 1.165) is 18.5 Å². The van der Waals surface area contributed by atoms with E-state index in [1.807, 2.05) is 33.2 Å². The van der Waals surface area contributed by atoms with Crippen LogP contribution in [0.25, 0.3) is 11.7 Å². The topological polar surface area (TPSA) is 70.0 Å². The van der Waals surface area contributed by atoms with Gasteiger partial charge in [0.2, 0.25) is 0 Å². The number of aromatic nitrogens is 2. The summed E-state index contributed by atoms with van der Waals surface area (Å²) in [5.41, 5.74) is 1.66. The van der Waals surface area contributed by atoms with Crippen LogP contribution in [-0.2, 0) is 4.79 Å². The molecule has 0 atom stereocenters. The van der Waals surface area contributed by atoms with Crippen LogP contribution in [-0.4, -0.2) is 63.6 Å². The van der Waals surface area contributed by atoms with E-state index in [1.54, 1.807) is 19.3 Å². The van der Waals surface area contributed by atoms with E-state index in [0.29, 0.717) is 32.8 Å². The monoisotopic (exact) mass is 417 g/mol. The normalized spacial score (nSPS) is 16.0. The Morgan fingerprint density at radius 3 is 2.71 bits per heavy atom. The molecule has 0 saturated carbocycles. The van der Waals surface area contributed by atoms with Gasteiger partial charge in [0.05, 0.1) is 10.5 Å². The summed E-state index contributed by atoms with van der Waals surface area (Å²) in [6, 6.07) is 3.73. The Morgan fingerprint density at radius 1 is 1.32 bits per heavy atom. The zero-order chi connectivity index (χ0) is 20.4. The van der Waals surface area contributed by atoms with Crippen LogP contribution in [0.15, 0.2) is 28.0 Å². The van der Waals surface area contributed by atoms with Gasteiger partial charge in [0.1, 0.15) is 15.8 Å². The van der Waals surface area contributed by atoms with Crippen LogP contribution < -0.4 is 10.9 Å². The summed E-state index contributed by atoms with van der Waals surface area (Å²) in [7, 11) is 5.66. The Morgan fingerprint density at radius 2 is 2.07 bits per heavy atom. The fraction of sp³-hybridized carbons (Fsp3) is 0.368. The Balaban J connectivity index is 2.05. The van der Waals surface area contributed by atoms with Crippen LogP contribution in [0, 0.1) is 6.92 Å². The molecule has 0 spiro atoms. The fourth-order valence-corrected chi connectivity index (χ4v) is 3.96. The van der Waals surface area contributed by atoms with E-state index >= 15 is 0 Å². The van der Waals surface area contributed by atoms with Gasteiger partial charge in [0, 0.05) is 19.8 Å². The van der Waals surface area contributed by atoms with E-state index in [-0.39, 0.29) is 11.5 Å². The number of hydrogen-bond acceptors (Lipinski definition) is 7. The summed E-state index contributed by atoms with van der Waals surface area (Å²) in [5.74, 6) is 0.274. The number of aryl methyl sites for hydroxylation is 1. The van der Waals surface area contributed by atoms with Gasteiger partial charge in [0.15, 0.2) is 0 Å². The van der Waals surface area contributed by atoms with Crippen LogP contribution in [0.2, 0.25) is 0 Å². The highest BCUT2D eigenvalue weighted by atomic mass is 32.2. The van der Waals surface area contributed by atoms with Gasteiger partial charge in [-0.1, -0.05) is 30.0 Å². The molecule has 1 N–H and O–H groups in total. The number of rotatable bonds is 6. The molecule has 148 valence electrons. The molecule has 0 bridgehead atoms. The summed E-state index contributed by atoms with van der Waals surface area (Å²) in [5, 5.41) is 3.26. The van der Waals surface area contributed by atoms with Crippen molar-refractivity contribution in [3.8, 4) is 0 Å².